The van der Waals surface area contributed by atoms with Gasteiger partial charge >= 0.3 is 0 Å². The Labute approximate surface area is 258 Å². The molecule has 224 valence electrons. The van der Waals surface area contributed by atoms with Gasteiger partial charge in [0.25, 0.3) is 0 Å². The quantitative estimate of drug-likeness (QED) is 0.182. The molecule has 1 aliphatic rings. The second kappa shape index (κ2) is 14.0. The van der Waals surface area contributed by atoms with Crippen LogP contribution in [0.3, 0.4) is 0 Å². The van der Waals surface area contributed by atoms with Gasteiger partial charge in [0, 0.05) is 56.4 Å². The van der Waals surface area contributed by atoms with Crippen molar-refractivity contribution in [3.8, 4) is 34.1 Å². The zero-order chi connectivity index (χ0) is 30.1. The third-order valence-corrected chi connectivity index (χ3v) is 7.62. The number of likely N-dealkylation sites (N-methyl/N-ethyl adjacent to an activating group) is 1. The van der Waals surface area contributed by atoms with Crippen LogP contribution in [0.15, 0.2) is 91.3 Å². The van der Waals surface area contributed by atoms with Gasteiger partial charge in [0.15, 0.2) is 5.82 Å². The van der Waals surface area contributed by atoms with E-state index in [0.717, 1.165) is 79.5 Å². The van der Waals surface area contributed by atoms with Crippen LogP contribution in [0.4, 0.5) is 17.5 Å². The van der Waals surface area contributed by atoms with E-state index in [-0.39, 0.29) is 0 Å². The lowest BCUT2D eigenvalue weighted by Crippen LogP contribution is -2.44. The molecule has 0 saturated carbocycles. The largest absolute Gasteiger partial charge is 0.438 e. The molecule has 1 fully saturated rings. The fraction of sp³-hybridized carbons (Fsp3) is 0.265. The van der Waals surface area contributed by atoms with E-state index >= 15 is 0 Å². The van der Waals surface area contributed by atoms with Crippen molar-refractivity contribution < 1.29 is 4.74 Å². The number of pyridine rings is 1. The number of nitrogens with zero attached hydrogens (tertiary/aromatic N) is 7. The SMILES string of the molecule is Cc1cc(-c2ccccc2)nnc1Nc1ccc(Oc2ncccc2-c2ccnc(NCCCN3CCN(C)CC3)n2)cc1. The molecule has 0 aliphatic carbocycles. The van der Waals surface area contributed by atoms with Crippen molar-refractivity contribution in [2.75, 3.05) is 56.9 Å². The minimum absolute atomic E-state index is 0.478. The summed E-state index contributed by atoms with van der Waals surface area (Å²) in [6.45, 7) is 8.43. The molecule has 0 amide bonds. The molecular weight excluding hydrogens is 550 g/mol. The molecule has 6 rings (SSSR count). The van der Waals surface area contributed by atoms with Crippen LogP contribution in [0.2, 0.25) is 0 Å². The molecule has 0 unspecified atom stereocenters. The van der Waals surface area contributed by atoms with Crippen molar-refractivity contribution in [3.05, 3.63) is 96.8 Å². The Morgan fingerprint density at radius 1 is 0.818 bits per heavy atom. The van der Waals surface area contributed by atoms with E-state index in [1.54, 1.807) is 12.4 Å². The molecule has 10 nitrogen and oxygen atoms in total. The summed E-state index contributed by atoms with van der Waals surface area (Å²) in [6.07, 6.45) is 4.52. The third kappa shape index (κ3) is 7.52. The van der Waals surface area contributed by atoms with E-state index < -0.39 is 0 Å². The molecule has 0 bridgehead atoms. The molecule has 4 heterocycles. The van der Waals surface area contributed by atoms with Crippen molar-refractivity contribution in [2.24, 2.45) is 0 Å². The summed E-state index contributed by atoms with van der Waals surface area (Å²) in [5.41, 5.74) is 5.30. The van der Waals surface area contributed by atoms with Crippen molar-refractivity contribution in [1.82, 2.24) is 34.9 Å². The van der Waals surface area contributed by atoms with Crippen LogP contribution in [0.1, 0.15) is 12.0 Å². The van der Waals surface area contributed by atoms with Gasteiger partial charge in [-0.2, -0.15) is 0 Å². The summed E-state index contributed by atoms with van der Waals surface area (Å²) < 4.78 is 6.21. The van der Waals surface area contributed by atoms with Crippen LogP contribution < -0.4 is 15.4 Å². The number of benzene rings is 2. The van der Waals surface area contributed by atoms with Gasteiger partial charge in [-0.05, 0) is 81.0 Å². The third-order valence-electron chi connectivity index (χ3n) is 7.62. The number of aryl methyl sites for hydroxylation is 1. The van der Waals surface area contributed by atoms with E-state index in [0.29, 0.717) is 23.4 Å². The van der Waals surface area contributed by atoms with E-state index in [2.05, 4.69) is 47.6 Å². The molecule has 0 spiro atoms. The lowest BCUT2D eigenvalue weighted by atomic mass is 10.1. The summed E-state index contributed by atoms with van der Waals surface area (Å²) in [5.74, 6) is 2.44. The molecule has 2 aromatic carbocycles. The molecule has 3 aromatic heterocycles. The van der Waals surface area contributed by atoms with Crippen molar-refractivity contribution in [3.63, 3.8) is 0 Å². The number of rotatable bonds is 11. The summed E-state index contributed by atoms with van der Waals surface area (Å²) in [4.78, 5) is 18.6. The van der Waals surface area contributed by atoms with Gasteiger partial charge in [-0.15, -0.1) is 10.2 Å². The topological polar surface area (TPSA) is 104 Å². The first kappa shape index (κ1) is 29.2. The number of nitrogens with one attached hydrogen (secondary N) is 2. The molecule has 0 radical (unpaired) electrons. The standard InChI is InChI=1S/C34H37N9O/c1-25-24-31(26-8-4-3-5-9-26)40-41-32(25)38-27-11-13-28(14-12-27)44-33-29(10-6-16-35-33)30-15-18-37-34(39-30)36-17-7-19-43-22-20-42(2)21-23-43/h3-6,8-16,18,24H,7,17,19-23H2,1-2H3,(H,38,41)(H,36,37,39). The second-order valence-corrected chi connectivity index (χ2v) is 10.9. The Bertz CT molecular complexity index is 1660. The highest BCUT2D eigenvalue weighted by Crippen LogP contribution is 2.31. The van der Waals surface area contributed by atoms with Gasteiger partial charge in [0.05, 0.1) is 17.0 Å². The van der Waals surface area contributed by atoms with Crippen LogP contribution in [-0.2, 0) is 0 Å². The monoisotopic (exact) mass is 587 g/mol. The molecule has 44 heavy (non-hydrogen) atoms. The van der Waals surface area contributed by atoms with Crippen LogP contribution in [0.25, 0.3) is 22.5 Å². The fourth-order valence-electron chi connectivity index (χ4n) is 5.05. The average molecular weight is 588 g/mol. The van der Waals surface area contributed by atoms with Gasteiger partial charge < -0.3 is 25.2 Å². The normalized spacial score (nSPS) is 13.9. The first-order valence-electron chi connectivity index (χ1n) is 15.0. The van der Waals surface area contributed by atoms with Gasteiger partial charge in [0.1, 0.15) is 5.75 Å². The molecule has 1 saturated heterocycles. The number of hydrogen-bond acceptors (Lipinski definition) is 10. The minimum atomic E-state index is 0.478. The molecular formula is C34H37N9O. The van der Waals surface area contributed by atoms with Gasteiger partial charge in [-0.3, -0.25) is 0 Å². The highest BCUT2D eigenvalue weighted by molar-refractivity contribution is 5.67. The molecule has 0 atom stereocenters. The maximum Gasteiger partial charge on any atom is 0.228 e. The van der Waals surface area contributed by atoms with Crippen molar-refractivity contribution in [1.29, 1.82) is 0 Å². The Kier molecular flexibility index (Phi) is 9.29. The van der Waals surface area contributed by atoms with Crippen molar-refractivity contribution >= 4 is 17.5 Å². The lowest BCUT2D eigenvalue weighted by molar-refractivity contribution is 0.154. The van der Waals surface area contributed by atoms with E-state index in [1.807, 2.05) is 85.8 Å². The Morgan fingerprint density at radius 3 is 2.43 bits per heavy atom. The second-order valence-electron chi connectivity index (χ2n) is 10.9. The van der Waals surface area contributed by atoms with Crippen LogP contribution in [-0.4, -0.2) is 81.3 Å². The minimum Gasteiger partial charge on any atom is -0.438 e. The smallest absolute Gasteiger partial charge is 0.228 e. The summed E-state index contributed by atoms with van der Waals surface area (Å²) >= 11 is 0. The molecule has 1 aliphatic heterocycles. The van der Waals surface area contributed by atoms with Gasteiger partial charge in [0.2, 0.25) is 11.8 Å². The fourth-order valence-corrected chi connectivity index (χ4v) is 5.05. The Morgan fingerprint density at radius 2 is 1.64 bits per heavy atom. The number of piperazine rings is 1. The Balaban J connectivity index is 1.07. The van der Waals surface area contributed by atoms with Crippen LogP contribution in [0, 0.1) is 6.92 Å². The highest BCUT2D eigenvalue weighted by Gasteiger charge is 2.14. The Hall–Kier alpha value is -4.93. The van der Waals surface area contributed by atoms with Crippen molar-refractivity contribution in [2.45, 2.75) is 13.3 Å². The predicted molar refractivity (Wildman–Crippen MR) is 174 cm³/mol. The van der Waals surface area contributed by atoms with Crippen LogP contribution >= 0.6 is 0 Å². The number of aromatic nitrogens is 5. The zero-order valence-electron chi connectivity index (χ0n) is 25.1. The van der Waals surface area contributed by atoms with Crippen LogP contribution in [0.5, 0.6) is 11.6 Å². The summed E-state index contributed by atoms with van der Waals surface area (Å²) in [5, 5.41) is 15.5. The van der Waals surface area contributed by atoms with E-state index in [9.17, 15) is 0 Å². The average Bonchev–Trinajstić information content (AvgIpc) is 3.06. The number of ether oxygens (including phenoxy) is 1. The van der Waals surface area contributed by atoms with E-state index in [4.69, 9.17) is 9.72 Å². The number of anilines is 3. The number of hydrogen-bond donors (Lipinski definition) is 2. The summed E-state index contributed by atoms with van der Waals surface area (Å²) in [6, 6.07) is 25.5. The predicted octanol–water partition coefficient (Wildman–Crippen LogP) is 5.89. The highest BCUT2D eigenvalue weighted by atomic mass is 16.5. The maximum absolute atomic E-state index is 6.21. The zero-order valence-corrected chi connectivity index (χ0v) is 25.1. The van der Waals surface area contributed by atoms with Gasteiger partial charge in [-0.1, -0.05) is 30.3 Å². The molecule has 2 N–H and O–H groups in total. The van der Waals surface area contributed by atoms with Gasteiger partial charge in [-0.25, -0.2) is 15.0 Å². The summed E-state index contributed by atoms with van der Waals surface area (Å²) in [7, 11) is 2.18. The first-order valence-corrected chi connectivity index (χ1v) is 15.0. The molecule has 10 heteroatoms. The maximum atomic E-state index is 6.21. The lowest BCUT2D eigenvalue weighted by Gasteiger charge is -2.32. The molecule has 5 aromatic rings. The van der Waals surface area contributed by atoms with E-state index in [1.165, 1.54) is 0 Å². The first-order chi connectivity index (χ1) is 21.6.